The number of rotatable bonds is 5. The molecule has 0 aliphatic carbocycles. The molecule has 63 heavy (non-hydrogen) atoms. The predicted octanol–water partition coefficient (Wildman–Crippen LogP) is 15.8. The lowest BCUT2D eigenvalue weighted by atomic mass is 9.94. The molecule has 9 aromatic carbocycles. The lowest BCUT2D eigenvalue weighted by Gasteiger charge is -2.21. The van der Waals surface area contributed by atoms with Crippen LogP contribution < -0.4 is 4.74 Å². The Balaban J connectivity index is 1.14. The number of aromatic nitrogens is 2. The summed E-state index contributed by atoms with van der Waals surface area (Å²) in [6.07, 6.45) is 5.93. The molecular formula is C58H36N2O3. The number of hydrogen-bond acceptors (Lipinski definition) is 5. The molecular weight excluding hydrogens is 773 g/mol. The van der Waals surface area contributed by atoms with Gasteiger partial charge in [0.25, 0.3) is 0 Å². The molecule has 0 fully saturated rings. The third-order valence-corrected chi connectivity index (χ3v) is 12.9. The van der Waals surface area contributed by atoms with Crippen molar-refractivity contribution in [2.45, 2.75) is 13.5 Å². The van der Waals surface area contributed by atoms with Crippen LogP contribution in [0.2, 0.25) is 0 Å². The minimum atomic E-state index is 0.499. The fourth-order valence-corrected chi connectivity index (χ4v) is 9.91. The van der Waals surface area contributed by atoms with Gasteiger partial charge in [-0.15, -0.1) is 0 Å². The van der Waals surface area contributed by atoms with E-state index in [2.05, 4.69) is 177 Å². The molecule has 0 saturated heterocycles. The smallest absolute Gasteiger partial charge is 0.160 e. The van der Waals surface area contributed by atoms with E-state index in [9.17, 15) is 0 Å². The highest BCUT2D eigenvalue weighted by Gasteiger charge is 2.25. The molecule has 12 aromatic rings. The molecule has 0 saturated carbocycles. The summed E-state index contributed by atoms with van der Waals surface area (Å²) in [4.78, 5) is 10.9. The number of allylic oxidation sites excluding steroid dienone is 2. The van der Waals surface area contributed by atoms with Gasteiger partial charge >= 0.3 is 0 Å². The zero-order chi connectivity index (χ0) is 41.8. The Kier molecular flexibility index (Phi) is 7.67. The second-order valence-corrected chi connectivity index (χ2v) is 16.4. The number of fused-ring (bicyclic) bond motifs is 15. The van der Waals surface area contributed by atoms with Crippen LogP contribution in [0.15, 0.2) is 185 Å². The molecule has 4 heterocycles. The maximum Gasteiger partial charge on any atom is 0.160 e. The maximum absolute atomic E-state index is 6.97. The number of hydrogen-bond donors (Lipinski definition) is 0. The first kappa shape index (κ1) is 35.5. The standard InChI is InChI=1S/C58H36N2O3/c1-3-4-17-39-33(2)22-26-49-52(39)54-42-20-11-6-14-35(42)28-45(56(54)62-49)47-31-48(60-58(59-47)37-23-25-44-40-18-9-8-16-38(40)32-61-51(44)30-37)46-29-36-15-7-12-21-43(36)55-53-41-19-10-5-13-34(41)24-27-50(53)63-57(46)55/h3-31H,1,32H2,2H3/b17-4-. The van der Waals surface area contributed by atoms with Crippen LogP contribution in [0.3, 0.4) is 0 Å². The summed E-state index contributed by atoms with van der Waals surface area (Å²) in [5, 5.41) is 11.0. The van der Waals surface area contributed by atoms with E-state index in [1.165, 1.54) is 11.1 Å². The van der Waals surface area contributed by atoms with Gasteiger partial charge in [-0.2, -0.15) is 0 Å². The zero-order valence-electron chi connectivity index (χ0n) is 34.3. The van der Waals surface area contributed by atoms with Gasteiger partial charge in [0.05, 0.1) is 11.4 Å². The minimum absolute atomic E-state index is 0.499. The average molecular weight is 809 g/mol. The first-order valence-electron chi connectivity index (χ1n) is 21.3. The molecule has 0 amide bonds. The highest BCUT2D eigenvalue weighted by Crippen LogP contribution is 2.47. The number of ether oxygens (including phenoxy) is 1. The third-order valence-electron chi connectivity index (χ3n) is 12.9. The van der Waals surface area contributed by atoms with E-state index in [1.807, 2.05) is 12.2 Å². The molecule has 0 radical (unpaired) electrons. The Morgan fingerprint density at radius 2 is 1.13 bits per heavy atom. The van der Waals surface area contributed by atoms with Gasteiger partial charge < -0.3 is 13.6 Å². The molecule has 0 atom stereocenters. The number of benzene rings is 9. The molecule has 3 aromatic heterocycles. The number of nitrogens with zero attached hydrogens (tertiary/aromatic N) is 2. The van der Waals surface area contributed by atoms with Crippen LogP contribution in [0.1, 0.15) is 16.7 Å². The van der Waals surface area contributed by atoms with Gasteiger partial charge in [-0.05, 0) is 104 Å². The second kappa shape index (κ2) is 13.6. The topological polar surface area (TPSA) is 61.3 Å². The molecule has 0 bridgehead atoms. The monoisotopic (exact) mass is 808 g/mol. The van der Waals surface area contributed by atoms with Crippen molar-refractivity contribution in [2.75, 3.05) is 0 Å². The van der Waals surface area contributed by atoms with Gasteiger partial charge in [-0.1, -0.05) is 140 Å². The molecule has 1 aliphatic heterocycles. The summed E-state index contributed by atoms with van der Waals surface area (Å²) in [6, 6.07) is 55.3. The van der Waals surface area contributed by atoms with Gasteiger partial charge in [0.2, 0.25) is 0 Å². The normalized spacial score (nSPS) is 12.6. The van der Waals surface area contributed by atoms with E-state index in [-0.39, 0.29) is 0 Å². The van der Waals surface area contributed by atoms with Crippen molar-refractivity contribution in [1.82, 2.24) is 9.97 Å². The van der Waals surface area contributed by atoms with Gasteiger partial charge in [-0.25, -0.2) is 9.97 Å². The van der Waals surface area contributed by atoms with Crippen LogP contribution in [0.4, 0.5) is 0 Å². The van der Waals surface area contributed by atoms with E-state index in [1.54, 1.807) is 0 Å². The molecule has 5 heteroatoms. The van der Waals surface area contributed by atoms with Gasteiger partial charge in [0.1, 0.15) is 34.7 Å². The lowest BCUT2D eigenvalue weighted by molar-refractivity contribution is 0.302. The van der Waals surface area contributed by atoms with Gasteiger partial charge in [-0.3, -0.25) is 0 Å². The third kappa shape index (κ3) is 5.36. The predicted molar refractivity (Wildman–Crippen MR) is 259 cm³/mol. The highest BCUT2D eigenvalue weighted by molar-refractivity contribution is 6.29. The summed E-state index contributed by atoms with van der Waals surface area (Å²) < 4.78 is 20.3. The van der Waals surface area contributed by atoms with Crippen LogP contribution >= 0.6 is 0 Å². The van der Waals surface area contributed by atoms with Crippen molar-refractivity contribution in [3.05, 3.63) is 193 Å². The molecule has 5 nitrogen and oxygen atoms in total. The Bertz CT molecular complexity index is 3960. The first-order valence-corrected chi connectivity index (χ1v) is 21.3. The summed E-state index contributed by atoms with van der Waals surface area (Å²) >= 11 is 0. The van der Waals surface area contributed by atoms with E-state index in [0.717, 1.165) is 127 Å². The van der Waals surface area contributed by atoms with Crippen LogP contribution in [0.25, 0.3) is 127 Å². The largest absolute Gasteiger partial charge is 0.488 e. The van der Waals surface area contributed by atoms with E-state index in [4.69, 9.17) is 23.5 Å². The summed E-state index contributed by atoms with van der Waals surface area (Å²) in [5.41, 5.74) is 12.9. The van der Waals surface area contributed by atoms with Crippen LogP contribution in [-0.2, 0) is 6.61 Å². The Hall–Kier alpha value is -8.28. The molecule has 296 valence electrons. The van der Waals surface area contributed by atoms with Crippen molar-refractivity contribution in [3.8, 4) is 50.8 Å². The average Bonchev–Trinajstić information content (AvgIpc) is 3.93. The van der Waals surface area contributed by atoms with Crippen LogP contribution in [-0.4, -0.2) is 9.97 Å². The van der Waals surface area contributed by atoms with Gasteiger partial charge in [0.15, 0.2) is 5.82 Å². The molecule has 1 aliphatic rings. The van der Waals surface area contributed by atoms with Crippen molar-refractivity contribution < 1.29 is 13.6 Å². The Morgan fingerprint density at radius 3 is 1.84 bits per heavy atom. The SMILES string of the molecule is C=C/C=C\c1c(C)ccc2oc3c(-c4cc(-c5cc6ccccc6c6c5oc5ccc7ccccc7c56)nc(-c5ccc6c(c5)OCc5ccccc5-6)n4)cc4ccccc4c3c12. The fourth-order valence-electron chi connectivity index (χ4n) is 9.91. The summed E-state index contributed by atoms with van der Waals surface area (Å²) in [5.74, 6) is 1.37. The molecule has 0 spiro atoms. The first-order chi connectivity index (χ1) is 31.1. The number of furan rings is 2. The lowest BCUT2D eigenvalue weighted by Crippen LogP contribution is -2.05. The Labute approximate surface area is 361 Å². The van der Waals surface area contributed by atoms with Crippen molar-refractivity contribution >= 4 is 82.3 Å². The van der Waals surface area contributed by atoms with Gasteiger partial charge in [0, 0.05) is 43.8 Å². The quantitative estimate of drug-likeness (QED) is 0.162. The maximum atomic E-state index is 6.97. The summed E-state index contributed by atoms with van der Waals surface area (Å²) in [7, 11) is 0. The van der Waals surface area contributed by atoms with E-state index >= 15 is 0 Å². The minimum Gasteiger partial charge on any atom is -0.488 e. The highest BCUT2D eigenvalue weighted by atomic mass is 16.5. The van der Waals surface area contributed by atoms with Crippen molar-refractivity contribution in [1.29, 1.82) is 0 Å². The van der Waals surface area contributed by atoms with Crippen LogP contribution in [0.5, 0.6) is 5.75 Å². The van der Waals surface area contributed by atoms with Crippen molar-refractivity contribution in [2.24, 2.45) is 0 Å². The van der Waals surface area contributed by atoms with Crippen LogP contribution in [0, 0.1) is 6.92 Å². The Morgan fingerprint density at radius 1 is 0.524 bits per heavy atom. The number of aryl methyl sites for hydroxylation is 1. The van der Waals surface area contributed by atoms with E-state index in [0.29, 0.717) is 12.4 Å². The van der Waals surface area contributed by atoms with E-state index < -0.39 is 0 Å². The van der Waals surface area contributed by atoms with Crippen molar-refractivity contribution in [3.63, 3.8) is 0 Å². The zero-order valence-corrected chi connectivity index (χ0v) is 34.3. The second-order valence-electron chi connectivity index (χ2n) is 16.4. The summed E-state index contributed by atoms with van der Waals surface area (Å²) in [6.45, 7) is 6.60. The fraction of sp³-hybridized carbons (Fsp3) is 0.0345. The molecule has 0 N–H and O–H groups in total. The molecule has 13 rings (SSSR count). The molecule has 0 unspecified atom stereocenters.